The maximum Gasteiger partial charge on any atom is -0.0159 e. The van der Waals surface area contributed by atoms with Gasteiger partial charge in [0.1, 0.15) is 0 Å². The van der Waals surface area contributed by atoms with Gasteiger partial charge in [0, 0.05) is 0 Å². The van der Waals surface area contributed by atoms with E-state index in [-0.39, 0.29) is 0 Å². The lowest BCUT2D eigenvalue weighted by Gasteiger charge is -2.28. The first-order chi connectivity index (χ1) is 7.56. The van der Waals surface area contributed by atoms with Gasteiger partial charge in [-0.25, -0.2) is 0 Å². The van der Waals surface area contributed by atoms with Gasteiger partial charge in [-0.15, -0.1) is 0 Å². The van der Waals surface area contributed by atoms with E-state index in [1.165, 1.54) is 32.1 Å². The molecule has 0 aromatic heterocycles. The first-order valence-corrected chi connectivity index (χ1v) is 6.64. The van der Waals surface area contributed by atoms with Gasteiger partial charge in [-0.05, 0) is 54.6 Å². The molecule has 1 aliphatic carbocycles. The fraction of sp³-hybridized carbons (Fsp3) is 0.625. The zero-order valence-electron chi connectivity index (χ0n) is 10.9. The Morgan fingerprint density at radius 1 is 1.19 bits per heavy atom. The van der Waals surface area contributed by atoms with Gasteiger partial charge in [0.15, 0.2) is 0 Å². The number of aryl methyl sites for hydroxylation is 1. The van der Waals surface area contributed by atoms with Crippen molar-refractivity contribution in [2.45, 2.75) is 58.8 Å². The fourth-order valence-corrected chi connectivity index (χ4v) is 2.76. The van der Waals surface area contributed by atoms with Crippen molar-refractivity contribution in [3.8, 4) is 0 Å². The van der Waals surface area contributed by atoms with Crippen LogP contribution in [0.3, 0.4) is 0 Å². The predicted octanol–water partition coefficient (Wildman–Crippen LogP) is 4.93. The minimum atomic E-state index is 0.479. The highest BCUT2D eigenvalue weighted by Gasteiger charge is 2.21. The second kappa shape index (κ2) is 4.61. The minimum absolute atomic E-state index is 0.479. The summed E-state index contributed by atoms with van der Waals surface area (Å²) < 4.78 is 0. The molecule has 0 fully saturated rings. The van der Waals surface area contributed by atoms with E-state index in [0.717, 1.165) is 5.92 Å². The van der Waals surface area contributed by atoms with E-state index < -0.39 is 0 Å². The molecule has 0 bridgehead atoms. The fourth-order valence-electron chi connectivity index (χ4n) is 2.76. The normalized spacial score (nSPS) is 20.6. The third-order valence-electron chi connectivity index (χ3n) is 3.74. The van der Waals surface area contributed by atoms with Gasteiger partial charge >= 0.3 is 0 Å². The van der Waals surface area contributed by atoms with Crippen LogP contribution < -0.4 is 0 Å². The molecular formula is C16H24. The molecule has 1 atom stereocenters. The van der Waals surface area contributed by atoms with E-state index in [9.17, 15) is 0 Å². The lowest BCUT2D eigenvalue weighted by atomic mass is 9.77. The monoisotopic (exact) mass is 216 g/mol. The summed E-state index contributed by atoms with van der Waals surface area (Å²) >= 11 is 0. The van der Waals surface area contributed by atoms with Crippen molar-refractivity contribution in [1.29, 1.82) is 0 Å². The second-order valence-electron chi connectivity index (χ2n) is 6.39. The summed E-state index contributed by atoms with van der Waals surface area (Å²) in [4.78, 5) is 0. The largest absolute Gasteiger partial charge is 0.0620 e. The van der Waals surface area contributed by atoms with E-state index in [2.05, 4.69) is 45.0 Å². The number of rotatable bonds is 2. The third-order valence-corrected chi connectivity index (χ3v) is 3.74. The van der Waals surface area contributed by atoms with Crippen LogP contribution in [0, 0.1) is 5.41 Å². The molecule has 0 heteroatoms. The topological polar surface area (TPSA) is 0 Å². The number of hydrogen-bond acceptors (Lipinski definition) is 0. The van der Waals surface area contributed by atoms with Crippen LogP contribution in [0.4, 0.5) is 0 Å². The summed E-state index contributed by atoms with van der Waals surface area (Å²) in [6.07, 6.45) is 6.77. The van der Waals surface area contributed by atoms with E-state index in [4.69, 9.17) is 0 Å². The lowest BCUT2D eigenvalue weighted by molar-refractivity contribution is 0.338. The summed E-state index contributed by atoms with van der Waals surface area (Å²) in [6.45, 7) is 7.05. The maximum atomic E-state index is 2.35. The molecule has 0 nitrogen and oxygen atoms in total. The van der Waals surface area contributed by atoms with Crippen LogP contribution >= 0.6 is 0 Å². The highest BCUT2D eigenvalue weighted by atomic mass is 14.3. The Kier molecular flexibility index (Phi) is 3.37. The number of hydrogen-bond donors (Lipinski definition) is 0. The van der Waals surface area contributed by atoms with Crippen molar-refractivity contribution in [3.63, 3.8) is 0 Å². The quantitative estimate of drug-likeness (QED) is 0.657. The Balaban J connectivity index is 2.07. The van der Waals surface area contributed by atoms with Crippen molar-refractivity contribution in [2.75, 3.05) is 0 Å². The van der Waals surface area contributed by atoms with Crippen molar-refractivity contribution in [2.24, 2.45) is 5.41 Å². The molecule has 1 aliphatic rings. The van der Waals surface area contributed by atoms with E-state index in [1.54, 1.807) is 11.1 Å². The molecule has 0 aliphatic heterocycles. The molecule has 0 spiro atoms. The van der Waals surface area contributed by atoms with Gasteiger partial charge in [-0.2, -0.15) is 0 Å². The Labute approximate surface area is 100 Å². The molecule has 88 valence electrons. The Morgan fingerprint density at radius 3 is 2.69 bits per heavy atom. The second-order valence-corrected chi connectivity index (χ2v) is 6.39. The van der Waals surface area contributed by atoms with Gasteiger partial charge in [0.05, 0.1) is 0 Å². The van der Waals surface area contributed by atoms with Gasteiger partial charge in [0.2, 0.25) is 0 Å². The minimum Gasteiger partial charge on any atom is -0.0620 e. The van der Waals surface area contributed by atoms with Crippen molar-refractivity contribution < 1.29 is 0 Å². The van der Waals surface area contributed by atoms with Crippen molar-refractivity contribution in [3.05, 3.63) is 35.4 Å². The smallest absolute Gasteiger partial charge is 0.0159 e. The summed E-state index contributed by atoms with van der Waals surface area (Å²) in [5, 5.41) is 0. The molecule has 0 heterocycles. The molecule has 0 saturated heterocycles. The SMILES string of the molecule is CC(C)(C)CCC1CCCc2ccccc21. The first-order valence-electron chi connectivity index (χ1n) is 6.64. The molecule has 0 amide bonds. The molecular weight excluding hydrogens is 192 g/mol. The van der Waals surface area contributed by atoms with Crippen LogP contribution in [-0.4, -0.2) is 0 Å². The molecule has 0 radical (unpaired) electrons. The lowest BCUT2D eigenvalue weighted by Crippen LogP contribution is -2.13. The third kappa shape index (κ3) is 2.87. The number of benzene rings is 1. The Bertz CT molecular complexity index is 343. The van der Waals surface area contributed by atoms with Crippen LogP contribution in [0.15, 0.2) is 24.3 Å². The predicted molar refractivity (Wildman–Crippen MR) is 70.8 cm³/mol. The highest BCUT2D eigenvalue weighted by molar-refractivity contribution is 5.32. The first kappa shape index (κ1) is 11.7. The van der Waals surface area contributed by atoms with E-state index >= 15 is 0 Å². The summed E-state index contributed by atoms with van der Waals surface area (Å²) in [5.41, 5.74) is 3.72. The summed E-state index contributed by atoms with van der Waals surface area (Å²) in [7, 11) is 0. The summed E-state index contributed by atoms with van der Waals surface area (Å²) in [5.74, 6) is 0.823. The van der Waals surface area contributed by atoms with E-state index in [0.29, 0.717) is 5.41 Å². The van der Waals surface area contributed by atoms with Crippen LogP contribution in [0.2, 0.25) is 0 Å². The summed E-state index contributed by atoms with van der Waals surface area (Å²) in [6, 6.07) is 9.06. The maximum absolute atomic E-state index is 2.35. The van der Waals surface area contributed by atoms with Gasteiger partial charge in [0.25, 0.3) is 0 Å². The van der Waals surface area contributed by atoms with Crippen molar-refractivity contribution >= 4 is 0 Å². The van der Waals surface area contributed by atoms with Crippen LogP contribution in [0.25, 0.3) is 0 Å². The van der Waals surface area contributed by atoms with Crippen LogP contribution in [0.5, 0.6) is 0 Å². The van der Waals surface area contributed by atoms with Crippen LogP contribution in [0.1, 0.15) is 63.5 Å². The Morgan fingerprint density at radius 2 is 1.94 bits per heavy atom. The standard InChI is InChI=1S/C16H24/c1-16(2,3)12-11-14-9-6-8-13-7-4-5-10-15(13)14/h4-5,7,10,14H,6,8-9,11-12H2,1-3H3. The van der Waals surface area contributed by atoms with E-state index in [1.807, 2.05) is 0 Å². The molecule has 0 saturated carbocycles. The van der Waals surface area contributed by atoms with Gasteiger partial charge in [-0.3, -0.25) is 0 Å². The van der Waals surface area contributed by atoms with Crippen molar-refractivity contribution in [1.82, 2.24) is 0 Å². The number of fused-ring (bicyclic) bond motifs is 1. The average Bonchev–Trinajstić information content (AvgIpc) is 2.25. The molecule has 0 N–H and O–H groups in total. The zero-order chi connectivity index (χ0) is 11.6. The van der Waals surface area contributed by atoms with Gasteiger partial charge < -0.3 is 0 Å². The average molecular weight is 216 g/mol. The Hall–Kier alpha value is -0.780. The molecule has 16 heavy (non-hydrogen) atoms. The van der Waals surface area contributed by atoms with Gasteiger partial charge in [-0.1, -0.05) is 45.0 Å². The molecule has 1 unspecified atom stereocenters. The zero-order valence-corrected chi connectivity index (χ0v) is 10.9. The highest BCUT2D eigenvalue weighted by Crippen LogP contribution is 2.37. The molecule has 1 aromatic carbocycles. The van der Waals surface area contributed by atoms with Crippen LogP contribution in [-0.2, 0) is 6.42 Å². The molecule has 2 rings (SSSR count). The molecule has 1 aromatic rings.